The average molecular weight is 248 g/mol. The molecule has 2 aliphatic carbocycles. The molecule has 1 N–H and O–H groups in total. The van der Waals surface area contributed by atoms with Gasteiger partial charge in [-0.15, -0.1) is 0 Å². The Morgan fingerprint density at radius 1 is 1.11 bits per heavy atom. The van der Waals surface area contributed by atoms with Gasteiger partial charge in [-0.1, -0.05) is 39.0 Å². The normalized spacial score (nSPS) is 34.1. The van der Waals surface area contributed by atoms with Crippen LogP contribution in [0.5, 0.6) is 0 Å². The number of nitriles is 1. The summed E-state index contributed by atoms with van der Waals surface area (Å²) >= 11 is 0. The first kappa shape index (κ1) is 13.9. The second-order valence-electron chi connectivity index (χ2n) is 6.41. The van der Waals surface area contributed by atoms with E-state index in [0.717, 1.165) is 18.8 Å². The summed E-state index contributed by atoms with van der Waals surface area (Å²) in [6, 6.07) is 3.23. The lowest BCUT2D eigenvalue weighted by molar-refractivity contribution is 0.197. The monoisotopic (exact) mass is 248 g/mol. The van der Waals surface area contributed by atoms with Crippen LogP contribution in [0.1, 0.15) is 77.6 Å². The van der Waals surface area contributed by atoms with Gasteiger partial charge in [0.2, 0.25) is 0 Å². The summed E-state index contributed by atoms with van der Waals surface area (Å²) in [6.07, 6.45) is 13.9. The van der Waals surface area contributed by atoms with E-state index >= 15 is 0 Å². The van der Waals surface area contributed by atoms with Crippen molar-refractivity contribution in [3.63, 3.8) is 0 Å². The molecule has 0 aromatic rings. The minimum atomic E-state index is -0.188. The van der Waals surface area contributed by atoms with Crippen LogP contribution in [0.4, 0.5) is 0 Å². The number of nitrogens with zero attached hydrogens (tertiary/aromatic N) is 1. The van der Waals surface area contributed by atoms with Crippen LogP contribution in [-0.2, 0) is 0 Å². The van der Waals surface area contributed by atoms with Gasteiger partial charge in [0, 0.05) is 6.04 Å². The number of hydrogen-bond acceptors (Lipinski definition) is 2. The van der Waals surface area contributed by atoms with Crippen LogP contribution in [0.3, 0.4) is 0 Å². The van der Waals surface area contributed by atoms with E-state index in [1.807, 2.05) is 0 Å². The molecule has 0 amide bonds. The summed E-state index contributed by atoms with van der Waals surface area (Å²) in [5.74, 6) is 0.879. The fraction of sp³-hybridized carbons (Fsp3) is 0.938. The number of hydrogen-bond donors (Lipinski definition) is 1. The zero-order valence-corrected chi connectivity index (χ0v) is 11.9. The molecule has 2 saturated carbocycles. The Morgan fingerprint density at radius 2 is 1.78 bits per heavy atom. The van der Waals surface area contributed by atoms with Gasteiger partial charge in [0.15, 0.2) is 0 Å². The predicted octanol–water partition coefficient (Wildman–Crippen LogP) is 4.16. The molecule has 102 valence electrons. The van der Waals surface area contributed by atoms with Crippen molar-refractivity contribution < 1.29 is 0 Å². The fourth-order valence-corrected chi connectivity index (χ4v) is 3.79. The molecule has 0 aromatic heterocycles. The largest absolute Gasteiger partial charge is 0.297 e. The maximum Gasteiger partial charge on any atom is 0.107 e. The van der Waals surface area contributed by atoms with E-state index < -0.39 is 0 Å². The van der Waals surface area contributed by atoms with E-state index in [0.29, 0.717) is 6.04 Å². The number of rotatable bonds is 4. The standard InChI is InChI=1S/C16H28N2/c1-2-6-14-9-11-16(13-17,12-10-14)18-15-7-4-3-5-8-15/h14-15,18H,2-12H2,1H3. The van der Waals surface area contributed by atoms with E-state index in [1.54, 1.807) is 0 Å². The Labute approximate surface area is 112 Å². The summed E-state index contributed by atoms with van der Waals surface area (Å²) in [6.45, 7) is 2.27. The third kappa shape index (κ3) is 3.48. The van der Waals surface area contributed by atoms with Crippen molar-refractivity contribution in [2.75, 3.05) is 0 Å². The Morgan fingerprint density at radius 3 is 2.33 bits per heavy atom. The molecule has 0 radical (unpaired) electrons. The molecule has 0 aliphatic heterocycles. The zero-order valence-electron chi connectivity index (χ0n) is 11.9. The molecule has 0 bridgehead atoms. The van der Waals surface area contributed by atoms with Crippen LogP contribution in [0, 0.1) is 17.2 Å². The van der Waals surface area contributed by atoms with Gasteiger partial charge in [-0.3, -0.25) is 5.32 Å². The van der Waals surface area contributed by atoms with Crippen LogP contribution in [-0.4, -0.2) is 11.6 Å². The maximum absolute atomic E-state index is 9.58. The molecule has 0 saturated heterocycles. The van der Waals surface area contributed by atoms with Gasteiger partial charge in [-0.25, -0.2) is 0 Å². The second kappa shape index (κ2) is 6.57. The molecular formula is C16H28N2. The Balaban J connectivity index is 1.86. The first-order valence-electron chi connectivity index (χ1n) is 7.97. The molecule has 2 nitrogen and oxygen atoms in total. The average Bonchev–Trinajstić information content (AvgIpc) is 2.43. The predicted molar refractivity (Wildman–Crippen MR) is 75.2 cm³/mol. The lowest BCUT2D eigenvalue weighted by Gasteiger charge is -2.39. The van der Waals surface area contributed by atoms with Gasteiger partial charge in [-0.05, 0) is 44.4 Å². The second-order valence-corrected chi connectivity index (χ2v) is 6.41. The van der Waals surface area contributed by atoms with E-state index in [1.165, 1.54) is 57.8 Å². The van der Waals surface area contributed by atoms with Crippen LogP contribution in [0.2, 0.25) is 0 Å². The molecular weight excluding hydrogens is 220 g/mol. The van der Waals surface area contributed by atoms with E-state index in [4.69, 9.17) is 0 Å². The van der Waals surface area contributed by atoms with Gasteiger partial charge in [0.05, 0.1) is 6.07 Å². The van der Waals surface area contributed by atoms with Gasteiger partial charge in [0.1, 0.15) is 5.54 Å². The molecule has 0 atom stereocenters. The molecule has 0 unspecified atom stereocenters. The minimum absolute atomic E-state index is 0.188. The maximum atomic E-state index is 9.58. The molecule has 2 heteroatoms. The Kier molecular flexibility index (Phi) is 5.06. The number of nitrogens with one attached hydrogen (secondary N) is 1. The Hall–Kier alpha value is -0.550. The van der Waals surface area contributed by atoms with E-state index in [2.05, 4.69) is 18.3 Å². The molecule has 2 rings (SSSR count). The third-order valence-corrected chi connectivity index (χ3v) is 4.96. The van der Waals surface area contributed by atoms with Crippen molar-refractivity contribution >= 4 is 0 Å². The van der Waals surface area contributed by atoms with Crippen LogP contribution < -0.4 is 5.32 Å². The van der Waals surface area contributed by atoms with Gasteiger partial charge in [-0.2, -0.15) is 5.26 Å². The Bertz CT molecular complexity index is 278. The highest BCUT2D eigenvalue weighted by molar-refractivity contribution is 5.10. The summed E-state index contributed by atoms with van der Waals surface area (Å²) in [4.78, 5) is 0. The highest BCUT2D eigenvalue weighted by Crippen LogP contribution is 2.35. The van der Waals surface area contributed by atoms with Crippen molar-refractivity contribution in [3.05, 3.63) is 0 Å². The SMILES string of the molecule is CCCC1CCC(C#N)(NC2CCCCC2)CC1. The molecule has 0 heterocycles. The lowest BCUT2D eigenvalue weighted by atomic mass is 9.75. The van der Waals surface area contributed by atoms with Crippen molar-refractivity contribution in [1.29, 1.82) is 5.26 Å². The van der Waals surface area contributed by atoms with Crippen molar-refractivity contribution in [1.82, 2.24) is 5.32 Å². The summed E-state index contributed by atoms with van der Waals surface area (Å²) in [7, 11) is 0. The third-order valence-electron chi connectivity index (χ3n) is 4.96. The van der Waals surface area contributed by atoms with Crippen LogP contribution in [0.25, 0.3) is 0 Å². The fourth-order valence-electron chi connectivity index (χ4n) is 3.79. The molecule has 0 spiro atoms. The first-order valence-corrected chi connectivity index (χ1v) is 7.97. The molecule has 2 aliphatic rings. The highest BCUT2D eigenvalue weighted by Gasteiger charge is 2.36. The molecule has 0 aromatic carbocycles. The van der Waals surface area contributed by atoms with Gasteiger partial charge in [0.25, 0.3) is 0 Å². The molecule has 18 heavy (non-hydrogen) atoms. The summed E-state index contributed by atoms with van der Waals surface area (Å²) < 4.78 is 0. The zero-order chi connectivity index (χ0) is 12.8. The topological polar surface area (TPSA) is 35.8 Å². The first-order chi connectivity index (χ1) is 8.78. The smallest absolute Gasteiger partial charge is 0.107 e. The van der Waals surface area contributed by atoms with Crippen LogP contribution >= 0.6 is 0 Å². The summed E-state index contributed by atoms with van der Waals surface area (Å²) in [5.41, 5.74) is -0.188. The van der Waals surface area contributed by atoms with Crippen LogP contribution in [0.15, 0.2) is 0 Å². The van der Waals surface area contributed by atoms with E-state index in [9.17, 15) is 5.26 Å². The summed E-state index contributed by atoms with van der Waals surface area (Å²) in [5, 5.41) is 13.3. The van der Waals surface area contributed by atoms with Crippen molar-refractivity contribution in [2.24, 2.45) is 5.92 Å². The minimum Gasteiger partial charge on any atom is -0.297 e. The molecule has 2 fully saturated rings. The highest BCUT2D eigenvalue weighted by atomic mass is 15.0. The lowest BCUT2D eigenvalue weighted by Crippen LogP contribution is -2.52. The van der Waals surface area contributed by atoms with Crippen molar-refractivity contribution in [2.45, 2.75) is 89.1 Å². The van der Waals surface area contributed by atoms with Gasteiger partial charge < -0.3 is 0 Å². The van der Waals surface area contributed by atoms with E-state index in [-0.39, 0.29) is 5.54 Å². The van der Waals surface area contributed by atoms with Crippen molar-refractivity contribution in [3.8, 4) is 6.07 Å². The quantitative estimate of drug-likeness (QED) is 0.811. The van der Waals surface area contributed by atoms with Gasteiger partial charge >= 0.3 is 0 Å².